The minimum absolute atomic E-state index is 0.0220. The molecule has 1 fully saturated rings. The van der Waals surface area contributed by atoms with Crippen LogP contribution < -0.4 is 11.1 Å². The number of amides is 2. The molecule has 33 heavy (non-hydrogen) atoms. The van der Waals surface area contributed by atoms with E-state index in [4.69, 9.17) is 10.5 Å². The van der Waals surface area contributed by atoms with Crippen LogP contribution >= 0.6 is 0 Å². The molecule has 1 aromatic heterocycles. The second-order valence-electron chi connectivity index (χ2n) is 7.54. The zero-order chi connectivity index (χ0) is 24.5. The summed E-state index contributed by atoms with van der Waals surface area (Å²) in [5.41, 5.74) is 7.33. The number of pyridine rings is 1. The lowest BCUT2D eigenvalue weighted by molar-refractivity contribution is -0.122. The van der Waals surface area contributed by atoms with Crippen molar-refractivity contribution in [3.63, 3.8) is 0 Å². The summed E-state index contributed by atoms with van der Waals surface area (Å²) in [6, 6.07) is 9.93. The predicted molar refractivity (Wildman–Crippen MR) is 127 cm³/mol. The third-order valence-corrected chi connectivity index (χ3v) is 8.07. The molecule has 2 amide bonds. The lowest BCUT2D eigenvalue weighted by atomic mass is 9.98. The van der Waals surface area contributed by atoms with Gasteiger partial charge in [-0.2, -0.15) is 0 Å². The molecule has 2 aromatic rings. The summed E-state index contributed by atoms with van der Waals surface area (Å²) in [6.45, 7) is 7.01. The first-order chi connectivity index (χ1) is 15.8. The van der Waals surface area contributed by atoms with Gasteiger partial charge >= 0.3 is 0 Å². The van der Waals surface area contributed by atoms with Crippen molar-refractivity contribution in [2.75, 3.05) is 19.8 Å². The van der Waals surface area contributed by atoms with E-state index in [-0.39, 0.29) is 36.9 Å². The van der Waals surface area contributed by atoms with E-state index in [1.807, 2.05) is 13.8 Å². The lowest BCUT2D eigenvalue weighted by Gasteiger charge is -2.33. The van der Waals surface area contributed by atoms with Gasteiger partial charge in [0, 0.05) is 37.1 Å². The summed E-state index contributed by atoms with van der Waals surface area (Å²) >= 11 is 0. The molecule has 0 aliphatic carbocycles. The zero-order valence-electron chi connectivity index (χ0n) is 19.5. The molecule has 0 saturated carbocycles. The van der Waals surface area contributed by atoms with Crippen LogP contribution in [-0.4, -0.2) is 49.7 Å². The largest absolute Gasteiger partial charge is 0.381 e. The summed E-state index contributed by atoms with van der Waals surface area (Å²) in [4.78, 5) is 28.4. The number of hydrogen-bond acceptors (Lipinski definition) is 6. The van der Waals surface area contributed by atoms with Gasteiger partial charge in [0.05, 0.1) is 10.6 Å². The highest BCUT2D eigenvalue weighted by Crippen LogP contribution is 2.35. The summed E-state index contributed by atoms with van der Waals surface area (Å²) in [5.74, 6) is -1.00. The van der Waals surface area contributed by atoms with Crippen molar-refractivity contribution >= 4 is 21.7 Å². The quantitative estimate of drug-likeness (QED) is 0.565. The number of benzene rings is 1. The number of rotatable bonds is 8. The Kier molecular flexibility index (Phi) is 9.55. The van der Waals surface area contributed by atoms with Crippen molar-refractivity contribution < 1.29 is 22.7 Å². The van der Waals surface area contributed by atoms with E-state index in [2.05, 4.69) is 17.2 Å². The molecule has 1 aliphatic heterocycles. The van der Waals surface area contributed by atoms with E-state index in [1.165, 1.54) is 12.3 Å². The minimum atomic E-state index is -4.02. The molecule has 0 bridgehead atoms. The minimum Gasteiger partial charge on any atom is -0.381 e. The molecule has 9 heteroatoms. The molecule has 0 spiro atoms. The number of primary amides is 1. The molecule has 1 aromatic carbocycles. The van der Waals surface area contributed by atoms with Crippen LogP contribution in [-0.2, 0) is 19.4 Å². The Morgan fingerprint density at radius 2 is 1.73 bits per heavy atom. The highest BCUT2D eigenvalue weighted by molar-refractivity contribution is 7.93. The molecule has 0 unspecified atom stereocenters. The van der Waals surface area contributed by atoms with Crippen LogP contribution in [0.5, 0.6) is 0 Å². The van der Waals surface area contributed by atoms with Gasteiger partial charge in [-0.15, -0.1) is 0 Å². The second kappa shape index (κ2) is 11.9. The van der Waals surface area contributed by atoms with Crippen molar-refractivity contribution in [2.24, 2.45) is 5.73 Å². The van der Waals surface area contributed by atoms with Gasteiger partial charge in [0.1, 0.15) is 0 Å². The Balaban J connectivity index is 0.00000187. The second-order valence-corrected chi connectivity index (χ2v) is 9.80. The number of nitrogens with two attached hydrogens (primary N) is 1. The molecular weight excluding hydrogens is 442 g/mol. The molecule has 1 aliphatic rings. The van der Waals surface area contributed by atoms with E-state index in [9.17, 15) is 18.0 Å². The summed E-state index contributed by atoms with van der Waals surface area (Å²) in [5, 5.41) is 2.86. The van der Waals surface area contributed by atoms with Crippen LogP contribution in [0.15, 0.2) is 47.5 Å². The van der Waals surface area contributed by atoms with Gasteiger partial charge in [-0.3, -0.25) is 14.6 Å². The van der Waals surface area contributed by atoms with Crippen LogP contribution in [0.3, 0.4) is 0 Å². The van der Waals surface area contributed by atoms with E-state index in [1.54, 1.807) is 30.3 Å². The summed E-state index contributed by atoms with van der Waals surface area (Å²) in [6.07, 6.45) is 3.22. The van der Waals surface area contributed by atoms with Gasteiger partial charge in [0.2, 0.25) is 5.91 Å². The summed E-state index contributed by atoms with van der Waals surface area (Å²) < 4.78 is 29.9. The molecule has 0 atom stereocenters. The van der Waals surface area contributed by atoms with Crippen LogP contribution in [0.2, 0.25) is 0 Å². The number of carbonyl (C=O) groups is 2. The van der Waals surface area contributed by atoms with Gasteiger partial charge in [-0.05, 0) is 43.5 Å². The lowest BCUT2D eigenvalue weighted by Crippen LogP contribution is -2.53. The molecule has 3 rings (SSSR count). The first-order valence-corrected chi connectivity index (χ1v) is 12.8. The smallest absolute Gasteiger partial charge is 0.251 e. The maximum atomic E-state index is 13.2. The number of ether oxygens (including phenoxy) is 1. The van der Waals surface area contributed by atoms with Crippen molar-refractivity contribution in [1.29, 1.82) is 0 Å². The van der Waals surface area contributed by atoms with E-state index in [0.717, 1.165) is 18.4 Å². The van der Waals surface area contributed by atoms with E-state index >= 15 is 0 Å². The average molecular weight is 476 g/mol. The van der Waals surface area contributed by atoms with Crippen molar-refractivity contribution in [1.82, 2.24) is 10.3 Å². The Labute approximate surface area is 195 Å². The highest BCUT2D eigenvalue weighted by Gasteiger charge is 2.51. The van der Waals surface area contributed by atoms with Crippen LogP contribution in [0.1, 0.15) is 56.8 Å². The number of nitrogens with one attached hydrogen (secondary N) is 1. The first-order valence-electron chi connectivity index (χ1n) is 11.3. The SMILES string of the molecule is CC.CCCCNC(=O)c1ccc(-c2ccc(S(=O)(=O)C3(C(N)=O)CCOCC3)cn2)cc1. The fourth-order valence-electron chi connectivity index (χ4n) is 3.56. The topological polar surface area (TPSA) is 128 Å². The number of unbranched alkanes of at least 4 members (excludes halogenated alkanes) is 1. The number of aromatic nitrogens is 1. The standard InChI is InChI=1S/C22H27N3O5S.C2H6/c1-2-3-12-24-20(26)17-6-4-16(5-7-17)19-9-8-18(15-25-19)31(28,29)22(21(23)27)10-13-30-14-11-22;1-2/h4-9,15H,2-3,10-14H2,1H3,(H2,23,27)(H,24,26);1-2H3. The maximum absolute atomic E-state index is 13.2. The van der Waals surface area contributed by atoms with E-state index in [0.29, 0.717) is 17.8 Å². The van der Waals surface area contributed by atoms with E-state index < -0.39 is 20.5 Å². The Morgan fingerprint density at radius 3 is 2.24 bits per heavy atom. The fraction of sp³-hybridized carbons (Fsp3) is 0.458. The number of hydrogen-bond donors (Lipinski definition) is 2. The molecule has 180 valence electrons. The molecule has 8 nitrogen and oxygen atoms in total. The third kappa shape index (κ3) is 5.78. The van der Waals surface area contributed by atoms with Crippen molar-refractivity contribution in [3.05, 3.63) is 48.2 Å². The van der Waals surface area contributed by atoms with Gasteiger partial charge < -0.3 is 15.8 Å². The monoisotopic (exact) mass is 475 g/mol. The zero-order valence-corrected chi connectivity index (χ0v) is 20.3. The van der Waals surface area contributed by atoms with Gasteiger partial charge in [0.15, 0.2) is 14.6 Å². The first kappa shape index (κ1) is 26.5. The van der Waals surface area contributed by atoms with Crippen molar-refractivity contribution in [3.8, 4) is 11.3 Å². The third-order valence-electron chi connectivity index (χ3n) is 5.57. The molecule has 2 heterocycles. The molecular formula is C24H33N3O5S. The number of nitrogens with zero attached hydrogens (tertiary/aromatic N) is 1. The average Bonchev–Trinajstić information content (AvgIpc) is 2.86. The highest BCUT2D eigenvalue weighted by atomic mass is 32.2. The van der Waals surface area contributed by atoms with Crippen molar-refractivity contribution in [2.45, 2.75) is 56.1 Å². The van der Waals surface area contributed by atoms with Crippen LogP contribution in [0.25, 0.3) is 11.3 Å². The van der Waals surface area contributed by atoms with Gasteiger partial charge in [0.25, 0.3) is 5.91 Å². The normalized spacial score (nSPS) is 15.1. The Bertz CT molecular complexity index is 1030. The molecule has 0 radical (unpaired) electrons. The van der Waals surface area contributed by atoms with Crippen LogP contribution in [0.4, 0.5) is 0 Å². The maximum Gasteiger partial charge on any atom is 0.251 e. The van der Waals surface area contributed by atoms with Gasteiger partial charge in [-0.1, -0.05) is 39.3 Å². The number of carbonyl (C=O) groups excluding carboxylic acids is 2. The fourth-order valence-corrected chi connectivity index (χ4v) is 5.42. The Hall–Kier alpha value is -2.78. The molecule has 1 saturated heterocycles. The predicted octanol–water partition coefficient (Wildman–Crippen LogP) is 3.11. The van der Waals surface area contributed by atoms with Gasteiger partial charge in [-0.25, -0.2) is 8.42 Å². The molecule has 3 N–H and O–H groups in total. The number of sulfone groups is 1. The summed E-state index contributed by atoms with van der Waals surface area (Å²) in [7, 11) is -4.02. The van der Waals surface area contributed by atoms with Crippen LogP contribution in [0, 0.1) is 0 Å². The Morgan fingerprint density at radius 1 is 1.09 bits per heavy atom.